The van der Waals surface area contributed by atoms with Gasteiger partial charge in [-0.25, -0.2) is 0 Å². The lowest BCUT2D eigenvalue weighted by Crippen LogP contribution is -2.44. The molecule has 0 saturated carbocycles. The summed E-state index contributed by atoms with van der Waals surface area (Å²) in [5.74, 6) is 0.878. The highest BCUT2D eigenvalue weighted by Gasteiger charge is 2.25. The van der Waals surface area contributed by atoms with E-state index < -0.39 is 0 Å². The smallest absolute Gasteiger partial charge is 0.0450 e. The zero-order chi connectivity index (χ0) is 13.8. The van der Waals surface area contributed by atoms with Gasteiger partial charge in [-0.05, 0) is 56.3 Å². The van der Waals surface area contributed by atoms with Crippen molar-refractivity contribution in [2.45, 2.75) is 52.1 Å². The number of benzene rings is 1. The van der Waals surface area contributed by atoms with Gasteiger partial charge in [-0.1, -0.05) is 38.1 Å². The SMILES string of the molecule is CCc1ccc(C(N)C(C)N2CCC(C)CC2)cc1. The van der Waals surface area contributed by atoms with Gasteiger partial charge in [0.25, 0.3) is 0 Å². The van der Waals surface area contributed by atoms with Crippen molar-refractivity contribution in [3.8, 4) is 0 Å². The molecule has 0 aromatic heterocycles. The van der Waals surface area contributed by atoms with Gasteiger partial charge in [-0.2, -0.15) is 0 Å². The number of hydrogen-bond acceptors (Lipinski definition) is 2. The predicted molar refractivity (Wildman–Crippen MR) is 82.2 cm³/mol. The first kappa shape index (κ1) is 14.5. The minimum Gasteiger partial charge on any atom is -0.323 e. The molecule has 0 aliphatic carbocycles. The number of likely N-dealkylation sites (tertiary alicyclic amines) is 1. The van der Waals surface area contributed by atoms with E-state index in [4.69, 9.17) is 5.73 Å². The molecule has 2 rings (SSSR count). The van der Waals surface area contributed by atoms with Crippen LogP contribution in [0.4, 0.5) is 0 Å². The van der Waals surface area contributed by atoms with Crippen LogP contribution in [0.15, 0.2) is 24.3 Å². The van der Waals surface area contributed by atoms with Crippen LogP contribution < -0.4 is 5.73 Å². The molecule has 1 saturated heterocycles. The Hall–Kier alpha value is -0.860. The Morgan fingerprint density at radius 2 is 1.79 bits per heavy atom. The highest BCUT2D eigenvalue weighted by molar-refractivity contribution is 5.25. The van der Waals surface area contributed by atoms with E-state index in [1.807, 2.05) is 0 Å². The van der Waals surface area contributed by atoms with Crippen LogP contribution in [-0.4, -0.2) is 24.0 Å². The molecular formula is C17H28N2. The first-order valence-electron chi connectivity index (χ1n) is 7.70. The van der Waals surface area contributed by atoms with Crippen molar-refractivity contribution in [2.24, 2.45) is 11.7 Å². The fourth-order valence-corrected chi connectivity index (χ4v) is 2.92. The third-order valence-corrected chi connectivity index (χ3v) is 4.69. The van der Waals surface area contributed by atoms with Crippen molar-refractivity contribution in [2.75, 3.05) is 13.1 Å². The van der Waals surface area contributed by atoms with Gasteiger partial charge in [-0.15, -0.1) is 0 Å². The Morgan fingerprint density at radius 1 is 1.21 bits per heavy atom. The maximum atomic E-state index is 6.45. The number of aryl methyl sites for hydroxylation is 1. The van der Waals surface area contributed by atoms with Crippen molar-refractivity contribution in [1.29, 1.82) is 0 Å². The predicted octanol–water partition coefficient (Wildman–Crippen LogP) is 3.37. The molecule has 106 valence electrons. The second-order valence-corrected chi connectivity index (χ2v) is 6.08. The Balaban J connectivity index is 1.99. The van der Waals surface area contributed by atoms with Gasteiger partial charge < -0.3 is 5.73 Å². The highest BCUT2D eigenvalue weighted by Crippen LogP contribution is 2.24. The molecule has 0 bridgehead atoms. The number of piperidine rings is 1. The molecule has 1 fully saturated rings. The Labute approximate surface area is 118 Å². The molecule has 2 unspecified atom stereocenters. The fraction of sp³-hybridized carbons (Fsp3) is 0.647. The van der Waals surface area contributed by atoms with Gasteiger partial charge in [0.05, 0.1) is 0 Å². The summed E-state index contributed by atoms with van der Waals surface area (Å²) in [4.78, 5) is 2.55. The Morgan fingerprint density at radius 3 is 2.32 bits per heavy atom. The molecule has 1 aromatic rings. The summed E-state index contributed by atoms with van der Waals surface area (Å²) in [5, 5.41) is 0. The summed E-state index contributed by atoms with van der Waals surface area (Å²) in [6.45, 7) is 9.21. The normalized spacial score (nSPS) is 21.3. The number of rotatable bonds is 4. The number of nitrogens with zero attached hydrogens (tertiary/aromatic N) is 1. The summed E-state index contributed by atoms with van der Waals surface area (Å²) >= 11 is 0. The van der Waals surface area contributed by atoms with Crippen LogP contribution in [0.1, 0.15) is 50.8 Å². The number of nitrogens with two attached hydrogens (primary N) is 1. The topological polar surface area (TPSA) is 29.3 Å². The van der Waals surface area contributed by atoms with Crippen LogP contribution >= 0.6 is 0 Å². The van der Waals surface area contributed by atoms with Crippen LogP contribution in [-0.2, 0) is 6.42 Å². The molecule has 2 nitrogen and oxygen atoms in total. The fourth-order valence-electron chi connectivity index (χ4n) is 2.92. The quantitative estimate of drug-likeness (QED) is 0.899. The first-order chi connectivity index (χ1) is 9.11. The minimum absolute atomic E-state index is 0.124. The molecule has 0 radical (unpaired) electrons. The lowest BCUT2D eigenvalue weighted by atomic mass is 9.94. The monoisotopic (exact) mass is 260 g/mol. The molecule has 2 N–H and O–H groups in total. The first-order valence-corrected chi connectivity index (χ1v) is 7.70. The summed E-state index contributed by atoms with van der Waals surface area (Å²) in [6.07, 6.45) is 3.72. The molecule has 19 heavy (non-hydrogen) atoms. The third kappa shape index (κ3) is 3.58. The zero-order valence-electron chi connectivity index (χ0n) is 12.6. The van der Waals surface area contributed by atoms with E-state index in [9.17, 15) is 0 Å². The van der Waals surface area contributed by atoms with E-state index in [1.165, 1.54) is 37.1 Å². The molecule has 0 spiro atoms. The van der Waals surface area contributed by atoms with Gasteiger partial charge in [0.2, 0.25) is 0 Å². The van der Waals surface area contributed by atoms with Crippen molar-refractivity contribution < 1.29 is 0 Å². The third-order valence-electron chi connectivity index (χ3n) is 4.69. The van der Waals surface area contributed by atoms with Crippen LogP contribution in [0.3, 0.4) is 0 Å². The van der Waals surface area contributed by atoms with Gasteiger partial charge in [0.1, 0.15) is 0 Å². The zero-order valence-corrected chi connectivity index (χ0v) is 12.6. The molecule has 0 amide bonds. The van der Waals surface area contributed by atoms with Crippen molar-refractivity contribution in [3.05, 3.63) is 35.4 Å². The van der Waals surface area contributed by atoms with Crippen molar-refractivity contribution >= 4 is 0 Å². The molecular weight excluding hydrogens is 232 g/mol. The lowest BCUT2D eigenvalue weighted by Gasteiger charge is -2.37. The van der Waals surface area contributed by atoms with Crippen molar-refractivity contribution in [1.82, 2.24) is 4.90 Å². The van der Waals surface area contributed by atoms with E-state index in [0.29, 0.717) is 6.04 Å². The Bertz CT molecular complexity index is 377. The summed E-state index contributed by atoms with van der Waals surface area (Å²) in [7, 11) is 0. The van der Waals surface area contributed by atoms with Crippen LogP contribution in [0, 0.1) is 5.92 Å². The van der Waals surface area contributed by atoms with Gasteiger partial charge in [0.15, 0.2) is 0 Å². The van der Waals surface area contributed by atoms with E-state index in [1.54, 1.807) is 0 Å². The molecule has 1 aromatic carbocycles. The van der Waals surface area contributed by atoms with E-state index in [-0.39, 0.29) is 6.04 Å². The second-order valence-electron chi connectivity index (χ2n) is 6.08. The highest BCUT2D eigenvalue weighted by atomic mass is 15.2. The molecule has 1 aliphatic heterocycles. The van der Waals surface area contributed by atoms with Crippen LogP contribution in [0.25, 0.3) is 0 Å². The van der Waals surface area contributed by atoms with Gasteiger partial charge >= 0.3 is 0 Å². The summed E-state index contributed by atoms with van der Waals surface area (Å²) < 4.78 is 0. The second kappa shape index (κ2) is 6.53. The largest absolute Gasteiger partial charge is 0.323 e. The van der Waals surface area contributed by atoms with Crippen LogP contribution in [0.2, 0.25) is 0 Å². The average molecular weight is 260 g/mol. The van der Waals surface area contributed by atoms with Crippen molar-refractivity contribution in [3.63, 3.8) is 0 Å². The summed E-state index contributed by atoms with van der Waals surface area (Å²) in [6, 6.07) is 9.37. The minimum atomic E-state index is 0.124. The van der Waals surface area contributed by atoms with E-state index in [0.717, 1.165) is 12.3 Å². The Kier molecular flexibility index (Phi) is 5.00. The maximum absolute atomic E-state index is 6.45. The standard InChI is InChI=1S/C17H28N2/c1-4-15-5-7-16(8-6-15)17(18)14(3)19-11-9-13(2)10-12-19/h5-8,13-14,17H,4,9-12,18H2,1-3H3. The van der Waals surface area contributed by atoms with Gasteiger partial charge in [0, 0.05) is 12.1 Å². The van der Waals surface area contributed by atoms with E-state index >= 15 is 0 Å². The summed E-state index contributed by atoms with van der Waals surface area (Å²) in [5.41, 5.74) is 9.11. The average Bonchev–Trinajstić information content (AvgIpc) is 2.46. The molecule has 2 heteroatoms. The lowest BCUT2D eigenvalue weighted by molar-refractivity contribution is 0.130. The molecule has 1 heterocycles. The number of hydrogen-bond donors (Lipinski definition) is 1. The van der Waals surface area contributed by atoms with Gasteiger partial charge in [-0.3, -0.25) is 4.90 Å². The van der Waals surface area contributed by atoms with E-state index in [2.05, 4.69) is 49.9 Å². The molecule has 1 aliphatic rings. The maximum Gasteiger partial charge on any atom is 0.0450 e. The molecule has 2 atom stereocenters. The van der Waals surface area contributed by atoms with Crippen LogP contribution in [0.5, 0.6) is 0 Å².